The topological polar surface area (TPSA) is 122 Å². The van der Waals surface area contributed by atoms with Gasteiger partial charge in [-0.3, -0.25) is 14.4 Å². The zero-order valence-corrected chi connectivity index (χ0v) is 23.3. The monoisotopic (exact) mass is 588 g/mol. The van der Waals surface area contributed by atoms with Gasteiger partial charge in [-0.15, -0.1) is 0 Å². The van der Waals surface area contributed by atoms with Crippen LogP contribution in [0.25, 0.3) is 0 Å². The van der Waals surface area contributed by atoms with Gasteiger partial charge in [0.2, 0.25) is 17.5 Å². The summed E-state index contributed by atoms with van der Waals surface area (Å²) in [5.74, 6) is -11.4. The van der Waals surface area contributed by atoms with Crippen LogP contribution in [0.3, 0.4) is 0 Å². The fraction of sp³-hybridized carbons (Fsp3) is 0.643. The number of amides is 2. The maximum absolute atomic E-state index is 13.8. The second-order valence-corrected chi connectivity index (χ2v) is 11.2. The first-order valence-electron chi connectivity index (χ1n) is 13.7. The van der Waals surface area contributed by atoms with Crippen LogP contribution in [0.5, 0.6) is 5.75 Å². The van der Waals surface area contributed by atoms with Crippen molar-refractivity contribution in [1.82, 2.24) is 10.2 Å². The number of nitrogens with one attached hydrogen (secondary N) is 1. The number of carboxylic acids is 1. The Balaban J connectivity index is 1.55. The minimum Gasteiger partial charge on any atom is -0.481 e. The molecule has 41 heavy (non-hydrogen) atoms. The van der Waals surface area contributed by atoms with E-state index < -0.39 is 77.8 Å². The fourth-order valence-electron chi connectivity index (χ4n) is 5.41. The first-order valence-corrected chi connectivity index (χ1v) is 13.7. The third-order valence-electron chi connectivity index (χ3n) is 7.85. The Morgan fingerprint density at radius 3 is 2.20 bits per heavy atom. The summed E-state index contributed by atoms with van der Waals surface area (Å²) in [5.41, 5.74) is 0. The van der Waals surface area contributed by atoms with E-state index in [1.807, 2.05) is 0 Å². The number of aliphatic carboxylic acids is 1. The molecule has 2 N–H and O–H groups in total. The third-order valence-corrected chi connectivity index (χ3v) is 7.85. The number of carboxylic acid groups (broad SMARTS) is 1. The molecule has 3 rings (SSSR count). The molecule has 13 heteroatoms. The Labute approximate surface area is 235 Å². The molecule has 1 aromatic rings. The Morgan fingerprint density at radius 1 is 1.02 bits per heavy atom. The Bertz CT molecular complexity index is 1110. The first-order chi connectivity index (χ1) is 19.3. The molecule has 2 fully saturated rings. The fourth-order valence-corrected chi connectivity index (χ4v) is 5.41. The minimum absolute atomic E-state index is 0.0311. The maximum atomic E-state index is 13.8. The average Bonchev–Trinajstić information content (AvgIpc) is 2.91. The highest BCUT2D eigenvalue weighted by Crippen LogP contribution is 2.36. The summed E-state index contributed by atoms with van der Waals surface area (Å²) in [6, 6.07) is -1.66. The van der Waals surface area contributed by atoms with E-state index in [2.05, 4.69) is 30.8 Å². The molecule has 1 saturated carbocycles. The second-order valence-electron chi connectivity index (χ2n) is 11.2. The lowest BCUT2D eigenvalue weighted by Gasteiger charge is -2.38. The number of likely N-dealkylation sites (tertiary alicyclic amines) is 1. The maximum Gasteiger partial charge on any atom is 0.410 e. The van der Waals surface area contributed by atoms with Crippen LogP contribution in [0.15, 0.2) is 6.07 Å². The van der Waals surface area contributed by atoms with Crippen molar-refractivity contribution in [3.05, 3.63) is 29.3 Å². The van der Waals surface area contributed by atoms with Crippen molar-refractivity contribution in [1.29, 1.82) is 0 Å². The van der Waals surface area contributed by atoms with Gasteiger partial charge in [0.05, 0.1) is 6.42 Å². The standard InChI is InChI=1S/C28H36F4N2O7/c1-14(2)17-5-4-15(3)10-22(17)41-28(39)34-8-6-16(7-9-34)27(38)33-20(12-23(36)37)21(35)13-40-26-24(31)18(29)11-19(30)25(26)32/h11,14-17,20,22H,4-10,12-13H2,1-3H3,(H,33,38)(H,36,37)/t15-,17+,20+,22-/m1/s1. The van der Waals surface area contributed by atoms with Crippen LogP contribution in [-0.4, -0.2) is 65.6 Å². The highest BCUT2D eigenvalue weighted by molar-refractivity contribution is 5.93. The van der Waals surface area contributed by atoms with Crippen molar-refractivity contribution in [2.75, 3.05) is 19.7 Å². The lowest BCUT2D eigenvalue weighted by atomic mass is 9.75. The number of Topliss-reactive ketones (excluding diaryl/α,β-unsaturated/α-hetero) is 1. The summed E-state index contributed by atoms with van der Waals surface area (Å²) in [6.45, 7) is 5.63. The van der Waals surface area contributed by atoms with Gasteiger partial charge in [-0.1, -0.05) is 27.2 Å². The van der Waals surface area contributed by atoms with E-state index in [4.69, 9.17) is 4.74 Å². The molecule has 0 aromatic heterocycles. The molecule has 4 atom stereocenters. The van der Waals surface area contributed by atoms with Crippen LogP contribution in [0.2, 0.25) is 0 Å². The van der Waals surface area contributed by atoms with Gasteiger partial charge in [0.15, 0.2) is 23.2 Å². The molecular formula is C28H36F4N2O7. The van der Waals surface area contributed by atoms with Crippen LogP contribution < -0.4 is 10.1 Å². The summed E-state index contributed by atoms with van der Waals surface area (Å²) in [6.07, 6.45) is 1.86. The summed E-state index contributed by atoms with van der Waals surface area (Å²) >= 11 is 0. The third kappa shape index (κ3) is 8.32. The van der Waals surface area contributed by atoms with Gasteiger partial charge in [0, 0.05) is 25.1 Å². The van der Waals surface area contributed by atoms with Gasteiger partial charge in [0.25, 0.3) is 0 Å². The SMILES string of the molecule is CC(C)[C@@H]1CC[C@@H](C)C[C@H]1OC(=O)N1CCC(C(=O)N[C@@H](CC(=O)O)C(=O)COc2c(F)c(F)cc(F)c2F)CC1. The zero-order chi connectivity index (χ0) is 30.4. The molecule has 9 nitrogen and oxygen atoms in total. The lowest BCUT2D eigenvalue weighted by Crippen LogP contribution is -2.49. The molecule has 0 radical (unpaired) electrons. The Morgan fingerprint density at radius 2 is 1.63 bits per heavy atom. The van der Waals surface area contributed by atoms with Crippen LogP contribution in [0.1, 0.15) is 59.3 Å². The van der Waals surface area contributed by atoms with E-state index in [1.54, 1.807) is 0 Å². The molecule has 0 bridgehead atoms. The summed E-state index contributed by atoms with van der Waals surface area (Å²) in [7, 11) is 0. The van der Waals surface area contributed by atoms with Crippen molar-refractivity contribution >= 4 is 23.8 Å². The van der Waals surface area contributed by atoms with Crippen LogP contribution in [-0.2, 0) is 19.1 Å². The van der Waals surface area contributed by atoms with Crippen LogP contribution in [0.4, 0.5) is 22.4 Å². The first kappa shape index (κ1) is 32.1. The molecular weight excluding hydrogens is 552 g/mol. The Hall–Kier alpha value is -3.38. The summed E-state index contributed by atoms with van der Waals surface area (Å²) in [5, 5.41) is 11.5. The number of hydrogen-bond donors (Lipinski definition) is 2. The van der Waals surface area contributed by atoms with E-state index in [1.165, 1.54) is 4.90 Å². The number of carbonyl (C=O) groups is 4. The van der Waals surface area contributed by atoms with E-state index >= 15 is 0 Å². The van der Waals surface area contributed by atoms with Gasteiger partial charge in [0.1, 0.15) is 18.8 Å². The van der Waals surface area contributed by atoms with Gasteiger partial charge in [-0.05, 0) is 43.4 Å². The number of ether oxygens (including phenoxy) is 2. The number of halogens is 4. The van der Waals surface area contributed by atoms with Crippen LogP contribution >= 0.6 is 0 Å². The number of rotatable bonds is 10. The molecule has 1 aliphatic heterocycles. The highest BCUT2D eigenvalue weighted by Gasteiger charge is 2.36. The smallest absolute Gasteiger partial charge is 0.410 e. The number of carbonyl (C=O) groups excluding carboxylic acids is 3. The predicted molar refractivity (Wildman–Crippen MR) is 137 cm³/mol. The van der Waals surface area contributed by atoms with E-state index in [9.17, 15) is 41.8 Å². The molecule has 1 aromatic carbocycles. The molecule has 0 spiro atoms. The second kappa shape index (κ2) is 14.0. The van der Waals surface area contributed by atoms with Gasteiger partial charge in [-0.25, -0.2) is 13.6 Å². The van der Waals surface area contributed by atoms with Crippen molar-refractivity contribution in [3.8, 4) is 5.75 Å². The summed E-state index contributed by atoms with van der Waals surface area (Å²) in [4.78, 5) is 51.1. The quantitative estimate of drug-likeness (QED) is 0.306. The lowest BCUT2D eigenvalue weighted by molar-refractivity contribution is -0.141. The van der Waals surface area contributed by atoms with Gasteiger partial charge < -0.3 is 24.8 Å². The molecule has 1 aliphatic carbocycles. The number of piperidine rings is 1. The molecule has 1 saturated heterocycles. The molecule has 228 valence electrons. The van der Waals surface area contributed by atoms with Gasteiger partial charge >= 0.3 is 12.1 Å². The molecule has 0 unspecified atom stereocenters. The van der Waals surface area contributed by atoms with E-state index in [0.29, 0.717) is 11.8 Å². The Kier molecular flexibility index (Phi) is 11.0. The van der Waals surface area contributed by atoms with Crippen molar-refractivity contribution < 1.29 is 51.3 Å². The zero-order valence-electron chi connectivity index (χ0n) is 23.3. The van der Waals surface area contributed by atoms with Crippen LogP contribution in [0, 0.1) is 46.9 Å². The molecule has 1 heterocycles. The van der Waals surface area contributed by atoms with Gasteiger partial charge in [-0.2, -0.15) is 8.78 Å². The number of nitrogens with zero attached hydrogens (tertiary/aromatic N) is 1. The number of hydrogen-bond acceptors (Lipinski definition) is 6. The number of benzene rings is 1. The number of ketones is 1. The average molecular weight is 589 g/mol. The highest BCUT2D eigenvalue weighted by atomic mass is 19.2. The molecule has 2 aliphatic rings. The van der Waals surface area contributed by atoms with E-state index in [-0.39, 0.29) is 44.0 Å². The van der Waals surface area contributed by atoms with Crippen molar-refractivity contribution in [2.24, 2.45) is 23.7 Å². The predicted octanol–water partition coefficient (Wildman–Crippen LogP) is 4.46. The normalized spacial score (nSPS) is 22.2. The van der Waals surface area contributed by atoms with E-state index in [0.717, 1.165) is 19.3 Å². The largest absolute Gasteiger partial charge is 0.481 e. The molecule has 2 amide bonds. The summed E-state index contributed by atoms with van der Waals surface area (Å²) < 4.78 is 65.0. The minimum atomic E-state index is -1.86. The van der Waals surface area contributed by atoms with Crippen molar-refractivity contribution in [2.45, 2.75) is 71.4 Å². The van der Waals surface area contributed by atoms with Crippen molar-refractivity contribution in [3.63, 3.8) is 0 Å².